The molecular formula is C35H36N2O5S. The summed E-state index contributed by atoms with van der Waals surface area (Å²) in [5, 5.41) is 13.0. The fourth-order valence-electron chi connectivity index (χ4n) is 4.66. The SMILES string of the molecule is CCCC(=O)N(CCOc1ccc(CC(Nc2ccccc2C(=O)c2ccccc2)C(=O)O)cc1)c1ccc(SC)cc1. The molecule has 0 aliphatic rings. The number of anilines is 2. The minimum atomic E-state index is -1.02. The van der Waals surface area contributed by atoms with Crippen LogP contribution in [0.5, 0.6) is 5.75 Å². The van der Waals surface area contributed by atoms with Crippen molar-refractivity contribution in [1.82, 2.24) is 0 Å². The van der Waals surface area contributed by atoms with Gasteiger partial charge in [-0.25, -0.2) is 4.79 Å². The number of thioether (sulfide) groups is 1. The lowest BCUT2D eigenvalue weighted by Gasteiger charge is -2.23. The van der Waals surface area contributed by atoms with Crippen LogP contribution in [0.25, 0.3) is 0 Å². The summed E-state index contributed by atoms with van der Waals surface area (Å²) in [4.78, 5) is 41.0. The van der Waals surface area contributed by atoms with E-state index in [1.807, 2.05) is 55.6 Å². The molecule has 0 radical (unpaired) electrons. The molecule has 0 aromatic heterocycles. The fourth-order valence-corrected chi connectivity index (χ4v) is 5.07. The molecule has 4 aromatic carbocycles. The van der Waals surface area contributed by atoms with Crippen molar-refractivity contribution in [2.45, 2.75) is 37.1 Å². The molecule has 1 amide bonds. The number of carboxylic acids is 1. The zero-order valence-corrected chi connectivity index (χ0v) is 25.2. The lowest BCUT2D eigenvalue weighted by molar-refractivity contribution is -0.137. The van der Waals surface area contributed by atoms with Gasteiger partial charge >= 0.3 is 5.97 Å². The van der Waals surface area contributed by atoms with Crippen LogP contribution in [0, 0.1) is 0 Å². The highest BCUT2D eigenvalue weighted by Crippen LogP contribution is 2.23. The van der Waals surface area contributed by atoms with Gasteiger partial charge in [-0.1, -0.05) is 61.5 Å². The number of carboxylic acid groups (broad SMARTS) is 1. The van der Waals surface area contributed by atoms with Gasteiger partial charge in [0.05, 0.1) is 6.54 Å². The van der Waals surface area contributed by atoms with Crippen LogP contribution in [0.1, 0.15) is 41.3 Å². The van der Waals surface area contributed by atoms with Crippen molar-refractivity contribution in [2.75, 3.05) is 29.6 Å². The van der Waals surface area contributed by atoms with E-state index in [1.165, 1.54) is 0 Å². The Bertz CT molecular complexity index is 1510. The molecule has 0 saturated heterocycles. The molecular weight excluding hydrogens is 560 g/mol. The number of benzene rings is 4. The van der Waals surface area contributed by atoms with Crippen LogP contribution in [-0.2, 0) is 16.0 Å². The van der Waals surface area contributed by atoms with Gasteiger partial charge in [-0.2, -0.15) is 0 Å². The van der Waals surface area contributed by atoms with Crippen molar-refractivity contribution < 1.29 is 24.2 Å². The summed E-state index contributed by atoms with van der Waals surface area (Å²) < 4.78 is 5.95. The second kappa shape index (κ2) is 15.6. The summed E-state index contributed by atoms with van der Waals surface area (Å²) in [5.41, 5.74) is 3.05. The number of rotatable bonds is 15. The number of ether oxygens (including phenoxy) is 1. The number of carbonyl (C=O) groups excluding carboxylic acids is 2. The average molecular weight is 597 g/mol. The Labute approximate surface area is 256 Å². The average Bonchev–Trinajstić information content (AvgIpc) is 3.04. The monoisotopic (exact) mass is 596 g/mol. The number of ketones is 1. The van der Waals surface area contributed by atoms with Crippen LogP contribution < -0.4 is 15.0 Å². The van der Waals surface area contributed by atoms with Gasteiger partial charge in [-0.15, -0.1) is 11.8 Å². The number of para-hydroxylation sites is 1. The molecule has 0 fully saturated rings. The van der Waals surface area contributed by atoms with Gasteiger partial charge in [0.2, 0.25) is 5.91 Å². The summed E-state index contributed by atoms with van der Waals surface area (Å²) in [6, 6.07) is 30.1. The normalized spacial score (nSPS) is 11.4. The largest absolute Gasteiger partial charge is 0.492 e. The predicted octanol–water partition coefficient (Wildman–Crippen LogP) is 6.96. The van der Waals surface area contributed by atoms with E-state index in [9.17, 15) is 19.5 Å². The molecule has 4 aromatic rings. The zero-order valence-electron chi connectivity index (χ0n) is 24.4. The van der Waals surface area contributed by atoms with Crippen LogP contribution >= 0.6 is 11.8 Å². The van der Waals surface area contributed by atoms with E-state index >= 15 is 0 Å². The number of aliphatic carboxylic acids is 1. The molecule has 43 heavy (non-hydrogen) atoms. The standard InChI is InChI=1S/C35H36N2O5S/c1-3-9-33(38)37(27-16-20-29(43-2)21-17-27)22-23-42-28-18-14-25(15-19-28)24-32(35(40)41)36-31-13-8-7-12-30(31)34(39)26-10-5-4-6-11-26/h4-8,10-21,32,36H,3,9,22-24H2,1-2H3,(H,40,41). The van der Waals surface area contributed by atoms with Gasteiger partial charge in [-0.05, 0) is 66.8 Å². The molecule has 1 atom stereocenters. The quantitative estimate of drug-likeness (QED) is 0.113. The third-order valence-electron chi connectivity index (χ3n) is 6.93. The van der Waals surface area contributed by atoms with Crippen LogP contribution in [0.3, 0.4) is 0 Å². The van der Waals surface area contributed by atoms with Crippen LogP contribution in [-0.4, -0.2) is 48.2 Å². The molecule has 7 nitrogen and oxygen atoms in total. The van der Waals surface area contributed by atoms with Crippen molar-refractivity contribution in [2.24, 2.45) is 0 Å². The minimum Gasteiger partial charge on any atom is -0.492 e. The molecule has 0 aliphatic carbocycles. The number of amides is 1. The van der Waals surface area contributed by atoms with Crippen molar-refractivity contribution >= 4 is 40.8 Å². The Morgan fingerprint density at radius 2 is 1.56 bits per heavy atom. The van der Waals surface area contributed by atoms with E-state index < -0.39 is 12.0 Å². The van der Waals surface area contributed by atoms with Gasteiger partial charge < -0.3 is 20.1 Å². The lowest BCUT2D eigenvalue weighted by Crippen LogP contribution is -2.34. The highest BCUT2D eigenvalue weighted by atomic mass is 32.2. The van der Waals surface area contributed by atoms with Crippen LogP contribution in [0.15, 0.2) is 108 Å². The summed E-state index contributed by atoms with van der Waals surface area (Å²) in [7, 11) is 0. The van der Waals surface area contributed by atoms with Gasteiger partial charge in [0.25, 0.3) is 0 Å². The topological polar surface area (TPSA) is 95.9 Å². The van der Waals surface area contributed by atoms with Gasteiger partial charge in [0.15, 0.2) is 5.78 Å². The first kappa shape index (κ1) is 31.4. The second-order valence-electron chi connectivity index (χ2n) is 9.97. The molecule has 0 heterocycles. The second-order valence-corrected chi connectivity index (χ2v) is 10.8. The van der Waals surface area contributed by atoms with Crippen LogP contribution in [0.4, 0.5) is 11.4 Å². The molecule has 0 saturated carbocycles. The Hall–Kier alpha value is -4.56. The molecule has 0 bridgehead atoms. The highest BCUT2D eigenvalue weighted by Gasteiger charge is 2.21. The molecule has 8 heteroatoms. The Balaban J connectivity index is 1.38. The maximum Gasteiger partial charge on any atom is 0.326 e. The minimum absolute atomic E-state index is 0.0533. The first-order valence-corrected chi connectivity index (χ1v) is 15.5. The van der Waals surface area contributed by atoms with E-state index in [2.05, 4.69) is 5.32 Å². The Kier molecular flexibility index (Phi) is 11.4. The van der Waals surface area contributed by atoms with Crippen molar-refractivity contribution in [3.05, 3.63) is 120 Å². The van der Waals surface area contributed by atoms with E-state index in [-0.39, 0.29) is 18.1 Å². The number of hydrogen-bond acceptors (Lipinski definition) is 6. The predicted molar refractivity (Wildman–Crippen MR) is 172 cm³/mol. The van der Waals surface area contributed by atoms with Crippen LogP contribution in [0.2, 0.25) is 0 Å². The van der Waals surface area contributed by atoms with E-state index in [1.54, 1.807) is 77.3 Å². The third-order valence-corrected chi connectivity index (χ3v) is 7.67. The summed E-state index contributed by atoms with van der Waals surface area (Å²) in [6.07, 6.45) is 3.44. The van der Waals surface area contributed by atoms with E-state index in [0.717, 1.165) is 22.6 Å². The summed E-state index contributed by atoms with van der Waals surface area (Å²) in [5.74, 6) is -0.522. The first-order chi connectivity index (χ1) is 20.9. The van der Waals surface area contributed by atoms with Gasteiger partial charge in [0, 0.05) is 40.2 Å². The van der Waals surface area contributed by atoms with Crippen molar-refractivity contribution in [1.29, 1.82) is 0 Å². The number of hydrogen-bond donors (Lipinski definition) is 2. The summed E-state index contributed by atoms with van der Waals surface area (Å²) >= 11 is 1.65. The number of carbonyl (C=O) groups is 3. The lowest BCUT2D eigenvalue weighted by atomic mass is 10.00. The van der Waals surface area contributed by atoms with Gasteiger partial charge in [0.1, 0.15) is 18.4 Å². The van der Waals surface area contributed by atoms with E-state index in [4.69, 9.17) is 4.74 Å². The molecule has 0 spiro atoms. The first-order valence-electron chi connectivity index (χ1n) is 14.2. The van der Waals surface area contributed by atoms with Crippen molar-refractivity contribution in [3.8, 4) is 5.75 Å². The highest BCUT2D eigenvalue weighted by molar-refractivity contribution is 7.98. The third kappa shape index (κ3) is 8.72. The van der Waals surface area contributed by atoms with Crippen molar-refractivity contribution in [3.63, 3.8) is 0 Å². The zero-order chi connectivity index (χ0) is 30.6. The number of nitrogens with zero attached hydrogens (tertiary/aromatic N) is 1. The maximum atomic E-state index is 13.1. The smallest absolute Gasteiger partial charge is 0.326 e. The van der Waals surface area contributed by atoms with Gasteiger partial charge in [-0.3, -0.25) is 9.59 Å². The Morgan fingerprint density at radius 1 is 0.884 bits per heavy atom. The number of nitrogens with one attached hydrogen (secondary N) is 1. The molecule has 0 aliphatic heterocycles. The van der Waals surface area contributed by atoms with E-state index in [0.29, 0.717) is 42.1 Å². The maximum absolute atomic E-state index is 13.1. The Morgan fingerprint density at radius 3 is 2.21 bits per heavy atom. The summed E-state index contributed by atoms with van der Waals surface area (Å²) in [6.45, 7) is 2.70. The fraction of sp³-hybridized carbons (Fsp3) is 0.229. The molecule has 1 unspecified atom stereocenters. The molecule has 2 N–H and O–H groups in total. The molecule has 222 valence electrons. The molecule has 4 rings (SSSR count).